The molecule has 2 aromatic heterocycles. The van der Waals surface area contributed by atoms with Crippen molar-refractivity contribution >= 4 is 16.9 Å². The maximum Gasteiger partial charge on any atom is 0.273 e. The minimum absolute atomic E-state index is 0.226. The van der Waals surface area contributed by atoms with Gasteiger partial charge in [-0.05, 0) is 24.6 Å². The van der Waals surface area contributed by atoms with Crippen molar-refractivity contribution in [3.63, 3.8) is 0 Å². The maximum atomic E-state index is 12.3. The fourth-order valence-electron chi connectivity index (χ4n) is 3.10. The molecular formula is C20H20N6O. The number of rotatable bonds is 6. The Balaban J connectivity index is 1.36. The van der Waals surface area contributed by atoms with Crippen LogP contribution >= 0.6 is 0 Å². The first-order valence-electron chi connectivity index (χ1n) is 8.85. The molecule has 27 heavy (non-hydrogen) atoms. The molecule has 0 saturated heterocycles. The molecule has 7 nitrogen and oxygen atoms in total. The number of para-hydroxylation sites is 2. The van der Waals surface area contributed by atoms with Gasteiger partial charge in [0.2, 0.25) is 0 Å². The number of benzene rings is 2. The minimum Gasteiger partial charge on any atom is -0.349 e. The summed E-state index contributed by atoms with van der Waals surface area (Å²) in [6, 6.07) is 17.9. The van der Waals surface area contributed by atoms with Crippen molar-refractivity contribution in [2.45, 2.75) is 20.0 Å². The summed E-state index contributed by atoms with van der Waals surface area (Å²) in [6.07, 6.45) is 1.67. The molecule has 0 saturated carbocycles. The molecule has 0 aliphatic carbocycles. The fourth-order valence-corrected chi connectivity index (χ4v) is 3.10. The number of carbonyl (C=O) groups excluding carboxylic acids is 1. The predicted octanol–water partition coefficient (Wildman–Crippen LogP) is 2.41. The SMILES string of the molecule is Cc1nc2ccccc2n1CCNC(=O)c1cn(Cc2ccccc2)nn1. The van der Waals surface area contributed by atoms with Crippen LogP contribution in [0.25, 0.3) is 11.0 Å². The van der Waals surface area contributed by atoms with E-state index in [4.69, 9.17) is 0 Å². The van der Waals surface area contributed by atoms with Crippen LogP contribution in [-0.4, -0.2) is 37.0 Å². The molecule has 0 radical (unpaired) electrons. The molecule has 4 rings (SSSR count). The Morgan fingerprint density at radius 2 is 1.85 bits per heavy atom. The predicted molar refractivity (Wildman–Crippen MR) is 102 cm³/mol. The fraction of sp³-hybridized carbons (Fsp3) is 0.200. The third-order valence-corrected chi connectivity index (χ3v) is 4.43. The molecule has 1 amide bonds. The van der Waals surface area contributed by atoms with Crippen molar-refractivity contribution in [3.05, 3.63) is 77.9 Å². The number of nitrogens with one attached hydrogen (secondary N) is 1. The lowest BCUT2D eigenvalue weighted by Gasteiger charge is -2.07. The van der Waals surface area contributed by atoms with E-state index in [1.807, 2.05) is 61.5 Å². The Kier molecular flexibility index (Phi) is 4.65. The van der Waals surface area contributed by atoms with Crippen LogP contribution in [-0.2, 0) is 13.1 Å². The third-order valence-electron chi connectivity index (χ3n) is 4.43. The number of imidazole rings is 1. The number of hydrogen-bond donors (Lipinski definition) is 1. The largest absolute Gasteiger partial charge is 0.349 e. The summed E-state index contributed by atoms with van der Waals surface area (Å²) >= 11 is 0. The lowest BCUT2D eigenvalue weighted by Crippen LogP contribution is -2.27. The van der Waals surface area contributed by atoms with Crippen LogP contribution in [0.5, 0.6) is 0 Å². The standard InChI is InChI=1S/C20H20N6O/c1-15-22-17-9-5-6-10-19(17)26(15)12-11-21-20(27)18-14-25(24-23-18)13-16-7-3-2-4-8-16/h2-10,14H,11-13H2,1H3,(H,21,27). The van der Waals surface area contributed by atoms with Crippen molar-refractivity contribution in [2.24, 2.45) is 0 Å². The minimum atomic E-state index is -0.226. The number of aromatic nitrogens is 5. The van der Waals surface area contributed by atoms with Crippen LogP contribution in [0.15, 0.2) is 60.8 Å². The van der Waals surface area contributed by atoms with Gasteiger partial charge >= 0.3 is 0 Å². The zero-order chi connectivity index (χ0) is 18.6. The molecule has 0 spiro atoms. The van der Waals surface area contributed by atoms with E-state index < -0.39 is 0 Å². The lowest BCUT2D eigenvalue weighted by atomic mass is 10.2. The highest BCUT2D eigenvalue weighted by Crippen LogP contribution is 2.14. The number of hydrogen-bond acceptors (Lipinski definition) is 4. The molecule has 1 N–H and O–H groups in total. The van der Waals surface area contributed by atoms with Gasteiger partial charge in [-0.2, -0.15) is 0 Å². The molecule has 0 atom stereocenters. The summed E-state index contributed by atoms with van der Waals surface area (Å²) in [7, 11) is 0. The smallest absolute Gasteiger partial charge is 0.273 e. The van der Waals surface area contributed by atoms with Gasteiger partial charge in [0.15, 0.2) is 5.69 Å². The maximum absolute atomic E-state index is 12.3. The average molecular weight is 360 g/mol. The van der Waals surface area contributed by atoms with Gasteiger partial charge in [0.05, 0.1) is 23.8 Å². The van der Waals surface area contributed by atoms with Crippen LogP contribution in [0.1, 0.15) is 21.9 Å². The van der Waals surface area contributed by atoms with Gasteiger partial charge in [0.25, 0.3) is 5.91 Å². The topological polar surface area (TPSA) is 77.6 Å². The van der Waals surface area contributed by atoms with Gasteiger partial charge in [-0.3, -0.25) is 4.79 Å². The average Bonchev–Trinajstić information content (AvgIpc) is 3.27. The molecule has 2 heterocycles. The van der Waals surface area contributed by atoms with Crippen LogP contribution in [0.2, 0.25) is 0 Å². The highest BCUT2D eigenvalue weighted by atomic mass is 16.2. The Hall–Kier alpha value is -3.48. The van der Waals surface area contributed by atoms with E-state index in [1.54, 1.807) is 10.9 Å². The number of carbonyl (C=O) groups is 1. The molecule has 2 aromatic carbocycles. The first kappa shape index (κ1) is 17.0. The lowest BCUT2D eigenvalue weighted by molar-refractivity contribution is 0.0947. The van der Waals surface area contributed by atoms with E-state index in [0.717, 1.165) is 22.4 Å². The summed E-state index contributed by atoms with van der Waals surface area (Å²) in [5.41, 5.74) is 3.46. The molecule has 4 aromatic rings. The second-order valence-electron chi connectivity index (χ2n) is 6.34. The van der Waals surface area contributed by atoms with Gasteiger partial charge in [-0.15, -0.1) is 5.10 Å². The highest BCUT2D eigenvalue weighted by Gasteiger charge is 2.11. The van der Waals surface area contributed by atoms with E-state index in [1.165, 1.54) is 0 Å². The second kappa shape index (κ2) is 7.41. The second-order valence-corrected chi connectivity index (χ2v) is 6.34. The molecule has 7 heteroatoms. The molecule has 0 bridgehead atoms. The van der Waals surface area contributed by atoms with Gasteiger partial charge in [-0.25, -0.2) is 9.67 Å². The summed E-state index contributed by atoms with van der Waals surface area (Å²) < 4.78 is 3.76. The summed E-state index contributed by atoms with van der Waals surface area (Å²) in [5.74, 6) is 0.704. The molecule has 0 aliphatic heterocycles. The summed E-state index contributed by atoms with van der Waals surface area (Å²) in [4.78, 5) is 16.9. The Bertz CT molecular complexity index is 1070. The van der Waals surface area contributed by atoms with Crippen molar-refractivity contribution < 1.29 is 4.79 Å². The number of aryl methyl sites for hydroxylation is 1. The quantitative estimate of drug-likeness (QED) is 0.573. The van der Waals surface area contributed by atoms with Crippen molar-refractivity contribution in [1.82, 2.24) is 29.9 Å². The first-order chi connectivity index (χ1) is 13.2. The molecular weight excluding hydrogens is 340 g/mol. The molecule has 0 fully saturated rings. The van der Waals surface area contributed by atoms with Crippen LogP contribution in [0.3, 0.4) is 0 Å². The van der Waals surface area contributed by atoms with E-state index in [9.17, 15) is 4.79 Å². The van der Waals surface area contributed by atoms with Crippen LogP contribution in [0.4, 0.5) is 0 Å². The van der Waals surface area contributed by atoms with Crippen LogP contribution in [0, 0.1) is 6.92 Å². The normalized spacial score (nSPS) is 11.0. The highest BCUT2D eigenvalue weighted by molar-refractivity contribution is 5.91. The first-order valence-corrected chi connectivity index (χ1v) is 8.85. The van der Waals surface area contributed by atoms with Gasteiger partial charge in [0.1, 0.15) is 5.82 Å². The Morgan fingerprint density at radius 1 is 1.07 bits per heavy atom. The molecule has 0 aliphatic rings. The monoisotopic (exact) mass is 360 g/mol. The zero-order valence-corrected chi connectivity index (χ0v) is 15.0. The van der Waals surface area contributed by atoms with Gasteiger partial charge in [-0.1, -0.05) is 47.7 Å². The van der Waals surface area contributed by atoms with Crippen molar-refractivity contribution in [2.75, 3.05) is 6.54 Å². The van der Waals surface area contributed by atoms with E-state index in [2.05, 4.69) is 25.2 Å². The number of fused-ring (bicyclic) bond motifs is 1. The van der Waals surface area contributed by atoms with Crippen molar-refractivity contribution in [1.29, 1.82) is 0 Å². The zero-order valence-electron chi connectivity index (χ0n) is 15.0. The van der Waals surface area contributed by atoms with E-state index in [-0.39, 0.29) is 5.91 Å². The van der Waals surface area contributed by atoms with E-state index >= 15 is 0 Å². The van der Waals surface area contributed by atoms with E-state index in [0.29, 0.717) is 25.3 Å². The molecule has 136 valence electrons. The number of amides is 1. The van der Waals surface area contributed by atoms with Gasteiger partial charge < -0.3 is 9.88 Å². The summed E-state index contributed by atoms with van der Waals surface area (Å²) in [6.45, 7) is 3.69. The summed E-state index contributed by atoms with van der Waals surface area (Å²) in [5, 5.41) is 10.9. The Morgan fingerprint density at radius 3 is 2.70 bits per heavy atom. The van der Waals surface area contributed by atoms with Gasteiger partial charge in [0, 0.05) is 13.1 Å². The number of nitrogens with zero attached hydrogens (tertiary/aromatic N) is 5. The molecule has 0 unspecified atom stereocenters. The van der Waals surface area contributed by atoms with Crippen molar-refractivity contribution in [3.8, 4) is 0 Å². The Labute approximate surface area is 156 Å². The third kappa shape index (κ3) is 3.72. The van der Waals surface area contributed by atoms with Crippen LogP contribution < -0.4 is 5.32 Å².